The fourth-order valence-electron chi connectivity index (χ4n) is 2.87. The Balaban J connectivity index is 2.12. The van der Waals surface area contributed by atoms with E-state index >= 15 is 0 Å². The fraction of sp³-hybridized carbons (Fsp3) is 0.150. The third kappa shape index (κ3) is 3.47. The summed E-state index contributed by atoms with van der Waals surface area (Å²) in [5, 5.41) is 0. The third-order valence-electron chi connectivity index (χ3n) is 4.17. The van der Waals surface area contributed by atoms with Crippen molar-refractivity contribution in [2.75, 3.05) is 14.2 Å². The topological polar surface area (TPSA) is 59.5 Å². The molecular weight excluding hydrogens is 348 g/mol. The van der Waals surface area contributed by atoms with E-state index in [1.54, 1.807) is 43.6 Å². The van der Waals surface area contributed by atoms with Gasteiger partial charge in [0.05, 0.1) is 18.8 Å². The van der Waals surface area contributed by atoms with Gasteiger partial charge in [-0.25, -0.2) is 8.42 Å². The maximum Gasteiger partial charge on any atom is 0.247 e. The molecule has 0 N–H and O–H groups in total. The van der Waals surface area contributed by atoms with Crippen LogP contribution < -0.4 is 4.74 Å². The molecular formula is C20H20N2O3S. The van der Waals surface area contributed by atoms with Gasteiger partial charge in [0.2, 0.25) is 10.0 Å². The Kier molecular flexibility index (Phi) is 5.35. The number of pyridine rings is 1. The average Bonchev–Trinajstić information content (AvgIpc) is 2.69. The van der Waals surface area contributed by atoms with E-state index in [2.05, 4.69) is 4.98 Å². The summed E-state index contributed by atoms with van der Waals surface area (Å²) in [7, 11) is -0.785. The highest BCUT2D eigenvalue weighted by molar-refractivity contribution is 7.89. The Morgan fingerprint density at radius 2 is 1.58 bits per heavy atom. The molecule has 3 aromatic rings. The standard InChI is InChI=1S/C20H20N2O3S/c1-22(26(23,24)19-14-7-6-13-18(19)25-2)20(16-10-4-3-5-11-16)17-12-8-9-15-21-17/h3-15,20H,1-2H3/t20-/m1/s1. The number of ether oxygens (including phenoxy) is 1. The molecule has 0 aliphatic rings. The lowest BCUT2D eigenvalue weighted by atomic mass is 10.0. The molecule has 2 aromatic carbocycles. The third-order valence-corrected chi connectivity index (χ3v) is 6.04. The lowest BCUT2D eigenvalue weighted by molar-refractivity contribution is 0.388. The maximum absolute atomic E-state index is 13.3. The van der Waals surface area contributed by atoms with Gasteiger partial charge in [-0.1, -0.05) is 48.5 Å². The van der Waals surface area contributed by atoms with Crippen molar-refractivity contribution >= 4 is 10.0 Å². The summed E-state index contributed by atoms with van der Waals surface area (Å²) in [5.41, 5.74) is 1.49. The zero-order valence-electron chi connectivity index (χ0n) is 14.6. The first-order valence-electron chi connectivity index (χ1n) is 8.12. The van der Waals surface area contributed by atoms with Gasteiger partial charge in [-0.2, -0.15) is 4.31 Å². The van der Waals surface area contributed by atoms with E-state index in [9.17, 15) is 8.42 Å². The molecule has 0 amide bonds. The molecule has 0 radical (unpaired) electrons. The Labute approximate surface area is 153 Å². The molecule has 5 nitrogen and oxygen atoms in total. The summed E-state index contributed by atoms with van der Waals surface area (Å²) in [6, 6.07) is 21.0. The Morgan fingerprint density at radius 1 is 0.923 bits per heavy atom. The van der Waals surface area contributed by atoms with Crippen molar-refractivity contribution in [3.05, 3.63) is 90.3 Å². The zero-order valence-corrected chi connectivity index (χ0v) is 15.4. The van der Waals surface area contributed by atoms with E-state index in [1.165, 1.54) is 11.4 Å². The van der Waals surface area contributed by atoms with Gasteiger partial charge in [-0.05, 0) is 29.8 Å². The fourth-order valence-corrected chi connectivity index (χ4v) is 4.34. The van der Waals surface area contributed by atoms with Crippen molar-refractivity contribution in [2.24, 2.45) is 0 Å². The van der Waals surface area contributed by atoms with Crippen LogP contribution in [0.5, 0.6) is 5.75 Å². The average molecular weight is 368 g/mol. The molecule has 0 aliphatic heterocycles. The van der Waals surface area contributed by atoms with Crippen molar-refractivity contribution in [1.82, 2.24) is 9.29 Å². The second kappa shape index (κ2) is 7.68. The highest BCUT2D eigenvalue weighted by atomic mass is 32.2. The van der Waals surface area contributed by atoms with Crippen LogP contribution in [-0.2, 0) is 10.0 Å². The van der Waals surface area contributed by atoms with E-state index < -0.39 is 16.1 Å². The van der Waals surface area contributed by atoms with Crippen molar-refractivity contribution in [3.63, 3.8) is 0 Å². The van der Waals surface area contributed by atoms with Crippen molar-refractivity contribution in [3.8, 4) is 5.75 Å². The van der Waals surface area contributed by atoms with Crippen LogP contribution in [0.15, 0.2) is 83.9 Å². The number of sulfonamides is 1. The number of nitrogens with zero attached hydrogens (tertiary/aromatic N) is 2. The second-order valence-electron chi connectivity index (χ2n) is 5.74. The van der Waals surface area contributed by atoms with Gasteiger partial charge in [-0.15, -0.1) is 0 Å². The van der Waals surface area contributed by atoms with Crippen LogP contribution in [0.2, 0.25) is 0 Å². The first kappa shape index (κ1) is 18.1. The predicted molar refractivity (Wildman–Crippen MR) is 100 cm³/mol. The SMILES string of the molecule is COc1ccccc1S(=O)(=O)N(C)[C@H](c1ccccc1)c1ccccn1. The molecule has 0 saturated carbocycles. The number of para-hydroxylation sites is 1. The minimum absolute atomic E-state index is 0.127. The van der Waals surface area contributed by atoms with Gasteiger partial charge in [0.15, 0.2) is 0 Å². The van der Waals surface area contributed by atoms with Crippen LogP contribution in [0, 0.1) is 0 Å². The van der Waals surface area contributed by atoms with Crippen LogP contribution >= 0.6 is 0 Å². The van der Waals surface area contributed by atoms with Gasteiger partial charge in [0.1, 0.15) is 10.6 Å². The maximum atomic E-state index is 13.3. The second-order valence-corrected chi connectivity index (χ2v) is 7.71. The monoisotopic (exact) mass is 368 g/mol. The van der Waals surface area contributed by atoms with Crippen LogP contribution in [0.4, 0.5) is 0 Å². The largest absolute Gasteiger partial charge is 0.495 e. The first-order chi connectivity index (χ1) is 12.6. The Morgan fingerprint density at radius 3 is 2.23 bits per heavy atom. The Bertz CT molecular complexity index is 921. The number of hydrogen-bond acceptors (Lipinski definition) is 4. The summed E-state index contributed by atoms with van der Waals surface area (Å²) >= 11 is 0. The van der Waals surface area contributed by atoms with Crippen molar-refractivity contribution in [1.29, 1.82) is 0 Å². The lowest BCUT2D eigenvalue weighted by Crippen LogP contribution is -2.32. The van der Waals surface area contributed by atoms with Gasteiger partial charge < -0.3 is 4.74 Å². The molecule has 0 bridgehead atoms. The highest BCUT2D eigenvalue weighted by Crippen LogP contribution is 2.33. The molecule has 0 unspecified atom stereocenters. The number of rotatable bonds is 6. The summed E-state index contributed by atoms with van der Waals surface area (Å²) in [4.78, 5) is 4.52. The molecule has 1 aromatic heterocycles. The molecule has 1 heterocycles. The molecule has 6 heteroatoms. The molecule has 0 saturated heterocycles. The molecule has 26 heavy (non-hydrogen) atoms. The van der Waals surface area contributed by atoms with Crippen LogP contribution in [0.3, 0.4) is 0 Å². The summed E-state index contributed by atoms with van der Waals surface area (Å²) < 4.78 is 33.2. The molecule has 0 fully saturated rings. The normalized spacial score (nSPS) is 12.7. The van der Waals surface area contributed by atoms with Gasteiger partial charge in [0.25, 0.3) is 0 Å². The van der Waals surface area contributed by atoms with Crippen molar-refractivity contribution in [2.45, 2.75) is 10.9 Å². The number of benzene rings is 2. The van der Waals surface area contributed by atoms with Gasteiger partial charge in [-0.3, -0.25) is 4.98 Å². The minimum atomic E-state index is -3.81. The van der Waals surface area contributed by atoms with Crippen LogP contribution in [0.25, 0.3) is 0 Å². The quantitative estimate of drug-likeness (QED) is 0.668. The van der Waals surface area contributed by atoms with Gasteiger partial charge in [0, 0.05) is 13.2 Å². The summed E-state index contributed by atoms with van der Waals surface area (Å²) in [5.74, 6) is 0.312. The lowest BCUT2D eigenvalue weighted by Gasteiger charge is -2.28. The van der Waals surface area contributed by atoms with E-state index in [0.29, 0.717) is 11.4 Å². The van der Waals surface area contributed by atoms with E-state index in [4.69, 9.17) is 4.74 Å². The number of aromatic nitrogens is 1. The smallest absolute Gasteiger partial charge is 0.247 e. The summed E-state index contributed by atoms with van der Waals surface area (Å²) in [6.45, 7) is 0. The number of methoxy groups -OCH3 is 1. The summed E-state index contributed by atoms with van der Waals surface area (Å²) in [6.07, 6.45) is 1.66. The van der Waals surface area contributed by atoms with E-state index in [1.807, 2.05) is 42.5 Å². The minimum Gasteiger partial charge on any atom is -0.495 e. The molecule has 1 atom stereocenters. The molecule has 0 spiro atoms. The van der Waals surface area contributed by atoms with Gasteiger partial charge >= 0.3 is 0 Å². The first-order valence-corrected chi connectivity index (χ1v) is 9.56. The molecule has 0 aliphatic carbocycles. The molecule has 134 valence electrons. The van der Waals surface area contributed by atoms with Crippen LogP contribution in [-0.4, -0.2) is 31.9 Å². The highest BCUT2D eigenvalue weighted by Gasteiger charge is 2.32. The predicted octanol–water partition coefficient (Wildman–Crippen LogP) is 3.50. The number of hydrogen-bond donors (Lipinski definition) is 0. The Hall–Kier alpha value is -2.70. The zero-order chi connectivity index (χ0) is 18.6. The molecule has 3 rings (SSSR count). The van der Waals surface area contributed by atoms with Crippen molar-refractivity contribution < 1.29 is 13.2 Å². The van der Waals surface area contributed by atoms with E-state index in [-0.39, 0.29) is 4.90 Å². The van der Waals surface area contributed by atoms with E-state index in [0.717, 1.165) is 5.56 Å². The van der Waals surface area contributed by atoms with Crippen LogP contribution in [0.1, 0.15) is 17.3 Å².